The fraction of sp³-hybridized carbons (Fsp3) is 0.379. The Bertz CT molecular complexity index is 1500. The molecule has 7 atom stereocenters. The summed E-state index contributed by atoms with van der Waals surface area (Å²) in [5.41, 5.74) is 1.97. The smallest absolute Gasteiger partial charge is 0.312 e. The summed E-state index contributed by atoms with van der Waals surface area (Å²) in [5.74, 6) is -2.00. The lowest BCUT2D eigenvalue weighted by Gasteiger charge is -2.43. The number of thiazole rings is 1. The highest BCUT2D eigenvalue weighted by Gasteiger charge is 2.69. The molecule has 2 aliphatic carbocycles. The molecule has 2 aliphatic heterocycles. The predicted octanol–water partition coefficient (Wildman–Crippen LogP) is 2.90. The van der Waals surface area contributed by atoms with E-state index in [2.05, 4.69) is 12.1 Å². The van der Waals surface area contributed by atoms with E-state index in [9.17, 15) is 24.3 Å². The number of carbonyl (C=O) groups excluding carboxylic acids is 3. The fourth-order valence-electron chi connectivity index (χ4n) is 7.57. The molecule has 194 valence electrons. The van der Waals surface area contributed by atoms with Crippen LogP contribution in [0.3, 0.4) is 0 Å². The average molecular weight is 546 g/mol. The molecule has 7 rings (SSSR count). The summed E-state index contributed by atoms with van der Waals surface area (Å²) in [5, 5.41) is 12.0. The van der Waals surface area contributed by atoms with Gasteiger partial charge in [-0.15, -0.1) is 11.8 Å². The van der Waals surface area contributed by atoms with Gasteiger partial charge in [0.2, 0.25) is 11.8 Å². The first-order valence-corrected chi connectivity index (χ1v) is 14.7. The minimum absolute atomic E-state index is 0.0200. The number of aromatic nitrogens is 1. The van der Waals surface area contributed by atoms with E-state index in [-0.39, 0.29) is 76.8 Å². The molecule has 0 N–H and O–H groups in total. The zero-order valence-electron chi connectivity index (χ0n) is 20.4. The van der Waals surface area contributed by atoms with Gasteiger partial charge in [0.1, 0.15) is 0 Å². The second kappa shape index (κ2) is 8.95. The topological polar surface area (TPSA) is 99.5 Å². The number of rotatable bonds is 6. The Morgan fingerprint density at radius 3 is 2.26 bits per heavy atom. The van der Waals surface area contributed by atoms with Crippen LogP contribution in [-0.2, 0) is 14.4 Å². The van der Waals surface area contributed by atoms with E-state index in [1.54, 1.807) is 11.8 Å². The van der Waals surface area contributed by atoms with Crippen LogP contribution in [0, 0.1) is 29.6 Å². The van der Waals surface area contributed by atoms with Gasteiger partial charge in [0.25, 0.3) is 0 Å². The van der Waals surface area contributed by atoms with Gasteiger partial charge in [-0.05, 0) is 54.7 Å². The van der Waals surface area contributed by atoms with Gasteiger partial charge >= 0.3 is 4.87 Å². The Labute approximate surface area is 227 Å². The third-order valence-electron chi connectivity index (χ3n) is 8.90. The fourth-order valence-corrected chi connectivity index (χ4v) is 10.7. The molecule has 4 aliphatic rings. The number of para-hydroxylation sites is 1. The molecule has 2 bridgehead atoms. The van der Waals surface area contributed by atoms with Gasteiger partial charge in [-0.2, -0.15) is 0 Å². The third-order valence-corrected chi connectivity index (χ3v) is 11.6. The van der Waals surface area contributed by atoms with Crippen molar-refractivity contribution in [2.75, 3.05) is 6.54 Å². The minimum Gasteiger partial charge on any atom is -0.550 e. The number of fused-ring (bicyclic) bond motifs is 9. The Kier molecular flexibility index (Phi) is 5.63. The van der Waals surface area contributed by atoms with Crippen molar-refractivity contribution < 1.29 is 19.5 Å². The molecular formula is C29H25N2O5S2-. The standard InChI is InChI=1S/C29H26N2O5S2/c32-19(33)12-7-13-30-26(34)22-17-14-18(23(22)27(30)35)24-21(17)20(15-8-3-1-4-9-15)25-28(37-24)31(29(36)38-25)16-10-5-2-6-11-16/h1-6,8-11,17-18,20-24H,7,12-14H2,(H,32,33)/p-1. The zero-order valence-corrected chi connectivity index (χ0v) is 22.0. The van der Waals surface area contributed by atoms with E-state index < -0.39 is 5.97 Å². The molecule has 3 fully saturated rings. The summed E-state index contributed by atoms with van der Waals surface area (Å²) >= 11 is 3.01. The summed E-state index contributed by atoms with van der Waals surface area (Å²) in [6.07, 6.45) is 0.868. The molecule has 3 heterocycles. The Hall–Kier alpha value is -3.17. The summed E-state index contributed by atoms with van der Waals surface area (Å²) in [6.45, 7) is 0.129. The van der Waals surface area contributed by atoms with Gasteiger partial charge < -0.3 is 9.90 Å². The molecule has 0 radical (unpaired) electrons. The van der Waals surface area contributed by atoms with E-state index in [0.717, 1.165) is 27.6 Å². The molecule has 3 aromatic rings. The van der Waals surface area contributed by atoms with Gasteiger partial charge in [0, 0.05) is 28.6 Å². The molecule has 9 heteroatoms. The molecule has 7 unspecified atom stereocenters. The van der Waals surface area contributed by atoms with Gasteiger partial charge in [0.05, 0.1) is 22.5 Å². The Balaban J connectivity index is 1.31. The molecule has 1 aromatic heterocycles. The summed E-state index contributed by atoms with van der Waals surface area (Å²) in [6, 6.07) is 19.9. The maximum atomic E-state index is 13.6. The van der Waals surface area contributed by atoms with Crippen LogP contribution in [0.4, 0.5) is 0 Å². The maximum Gasteiger partial charge on any atom is 0.312 e. The number of benzene rings is 2. The van der Waals surface area contributed by atoms with Crippen molar-refractivity contribution in [3.63, 3.8) is 0 Å². The third kappa shape index (κ3) is 3.41. The number of imide groups is 1. The number of carbonyl (C=O) groups is 3. The van der Waals surface area contributed by atoms with E-state index >= 15 is 0 Å². The number of carboxylic acid groups (broad SMARTS) is 1. The second-order valence-corrected chi connectivity index (χ2v) is 12.8. The lowest BCUT2D eigenvalue weighted by molar-refractivity contribution is -0.305. The van der Waals surface area contributed by atoms with Crippen LogP contribution in [0.1, 0.15) is 35.6 Å². The van der Waals surface area contributed by atoms with Crippen LogP contribution in [0.15, 0.2) is 70.5 Å². The second-order valence-electron chi connectivity index (χ2n) is 10.7. The van der Waals surface area contributed by atoms with Gasteiger partial charge in [0.15, 0.2) is 0 Å². The first kappa shape index (κ1) is 23.9. The van der Waals surface area contributed by atoms with Crippen molar-refractivity contribution in [1.29, 1.82) is 0 Å². The van der Waals surface area contributed by atoms with E-state index in [0.29, 0.717) is 0 Å². The predicted molar refractivity (Wildman–Crippen MR) is 141 cm³/mol. The monoisotopic (exact) mass is 545 g/mol. The normalized spacial score (nSPS) is 30.8. The molecule has 2 amide bonds. The van der Waals surface area contributed by atoms with Crippen LogP contribution >= 0.6 is 23.1 Å². The molecule has 38 heavy (non-hydrogen) atoms. The number of thioether (sulfide) groups is 1. The number of nitrogens with zero attached hydrogens (tertiary/aromatic N) is 2. The number of likely N-dealkylation sites (tertiary alicyclic amines) is 1. The lowest BCUT2D eigenvalue weighted by atomic mass is 9.68. The summed E-state index contributed by atoms with van der Waals surface area (Å²) in [4.78, 5) is 53.7. The van der Waals surface area contributed by atoms with Gasteiger partial charge in [-0.3, -0.25) is 23.9 Å². The zero-order chi connectivity index (χ0) is 26.1. The van der Waals surface area contributed by atoms with E-state index in [4.69, 9.17) is 0 Å². The van der Waals surface area contributed by atoms with Gasteiger partial charge in [-0.1, -0.05) is 59.9 Å². The van der Waals surface area contributed by atoms with Crippen molar-refractivity contribution in [3.05, 3.63) is 80.8 Å². The summed E-state index contributed by atoms with van der Waals surface area (Å²) < 4.78 is 1.81. The number of carboxylic acids is 1. The molecule has 0 spiro atoms. The number of aliphatic carboxylic acids is 1. The largest absolute Gasteiger partial charge is 0.550 e. The first-order chi connectivity index (χ1) is 18.5. The number of hydrogen-bond donors (Lipinski definition) is 0. The van der Waals surface area contributed by atoms with E-state index in [1.807, 2.05) is 53.1 Å². The first-order valence-electron chi connectivity index (χ1n) is 13.0. The lowest BCUT2D eigenvalue weighted by Crippen LogP contribution is -2.43. The van der Waals surface area contributed by atoms with Crippen LogP contribution in [0.5, 0.6) is 0 Å². The minimum atomic E-state index is -1.17. The molecular weight excluding hydrogens is 520 g/mol. The number of amides is 2. The van der Waals surface area contributed by atoms with Crippen LogP contribution in [0.25, 0.3) is 5.69 Å². The van der Waals surface area contributed by atoms with Crippen molar-refractivity contribution in [2.24, 2.45) is 29.6 Å². The summed E-state index contributed by atoms with van der Waals surface area (Å²) in [7, 11) is 0. The highest BCUT2D eigenvalue weighted by molar-refractivity contribution is 8.00. The van der Waals surface area contributed by atoms with Gasteiger partial charge in [-0.25, -0.2) is 0 Å². The van der Waals surface area contributed by atoms with Crippen molar-refractivity contribution in [1.82, 2.24) is 9.47 Å². The molecule has 2 saturated carbocycles. The van der Waals surface area contributed by atoms with Crippen LogP contribution in [0.2, 0.25) is 0 Å². The quantitative estimate of drug-likeness (QED) is 0.442. The molecule has 7 nitrogen and oxygen atoms in total. The van der Waals surface area contributed by atoms with Crippen LogP contribution in [-0.4, -0.2) is 39.0 Å². The highest BCUT2D eigenvalue weighted by atomic mass is 32.2. The SMILES string of the molecule is O=C([O-])CCCN1C(=O)C2C3CC(C2C1=O)C1C(c2ccccc2)c2sc(=O)n(-c4ccccc4)c2SC31. The maximum absolute atomic E-state index is 13.6. The number of hydrogen-bond acceptors (Lipinski definition) is 7. The van der Waals surface area contributed by atoms with E-state index in [1.165, 1.54) is 16.2 Å². The molecule has 1 saturated heterocycles. The molecule has 2 aromatic carbocycles. The Morgan fingerprint density at radius 2 is 1.58 bits per heavy atom. The van der Waals surface area contributed by atoms with Crippen molar-refractivity contribution >= 4 is 40.9 Å². The average Bonchev–Trinajstić information content (AvgIpc) is 3.64. The van der Waals surface area contributed by atoms with Crippen molar-refractivity contribution in [2.45, 2.75) is 35.5 Å². The van der Waals surface area contributed by atoms with Crippen molar-refractivity contribution in [3.8, 4) is 5.69 Å². The Morgan fingerprint density at radius 1 is 0.921 bits per heavy atom. The van der Waals surface area contributed by atoms with Crippen LogP contribution < -0.4 is 9.98 Å². The highest BCUT2D eigenvalue weighted by Crippen LogP contribution is 2.68.